The van der Waals surface area contributed by atoms with Crippen LogP contribution < -0.4 is 10.6 Å². The third-order valence-corrected chi connectivity index (χ3v) is 5.43. The lowest BCUT2D eigenvalue weighted by molar-refractivity contribution is -0.115. The minimum atomic E-state index is -0.0566. The van der Waals surface area contributed by atoms with Crippen LogP contribution in [0.5, 0.6) is 0 Å². The molecular weight excluding hydrogens is 344 g/mol. The molecule has 1 fully saturated rings. The molecule has 0 spiro atoms. The second-order valence-electron chi connectivity index (χ2n) is 5.57. The number of rotatable bonds is 8. The Morgan fingerprint density at radius 1 is 1.25 bits per heavy atom. The Morgan fingerprint density at radius 2 is 2.00 bits per heavy atom. The molecule has 1 aromatic carbocycles. The average Bonchev–Trinajstić information content (AvgIpc) is 3.25. The Hall–Kier alpha value is -1.93. The summed E-state index contributed by atoms with van der Waals surface area (Å²) in [7, 11) is 0. The molecule has 0 aliphatic heterocycles. The number of anilines is 2. The molecule has 24 heavy (non-hydrogen) atoms. The van der Waals surface area contributed by atoms with E-state index in [0.717, 1.165) is 9.47 Å². The fourth-order valence-electron chi connectivity index (χ4n) is 1.97. The van der Waals surface area contributed by atoms with Gasteiger partial charge < -0.3 is 10.6 Å². The van der Waals surface area contributed by atoms with E-state index in [1.807, 2.05) is 0 Å². The fraction of sp³-hybridized carbons (Fsp3) is 0.375. The van der Waals surface area contributed by atoms with Crippen molar-refractivity contribution in [3.05, 3.63) is 29.8 Å². The van der Waals surface area contributed by atoms with Gasteiger partial charge in [-0.1, -0.05) is 23.1 Å². The van der Waals surface area contributed by atoms with E-state index < -0.39 is 0 Å². The molecule has 8 heteroatoms. The zero-order valence-corrected chi connectivity index (χ0v) is 14.9. The number of benzene rings is 1. The zero-order chi connectivity index (χ0) is 16.9. The molecule has 1 amide bonds. The van der Waals surface area contributed by atoms with Crippen molar-refractivity contribution in [3.63, 3.8) is 0 Å². The molecule has 1 aliphatic rings. The van der Waals surface area contributed by atoms with E-state index in [1.54, 1.807) is 24.3 Å². The maximum atomic E-state index is 11.9. The molecule has 0 atom stereocenters. The predicted octanol–water partition coefficient (Wildman–Crippen LogP) is 3.44. The first kappa shape index (κ1) is 16.9. The van der Waals surface area contributed by atoms with Gasteiger partial charge in [0.2, 0.25) is 11.0 Å². The zero-order valence-electron chi connectivity index (χ0n) is 13.2. The number of amides is 1. The second-order valence-corrected chi connectivity index (χ2v) is 7.89. The summed E-state index contributed by atoms with van der Waals surface area (Å²) in [6.45, 7) is 1.52. The summed E-state index contributed by atoms with van der Waals surface area (Å²) in [5.74, 6) is 0.603. The Labute approximate surface area is 148 Å². The van der Waals surface area contributed by atoms with Crippen molar-refractivity contribution in [1.82, 2.24) is 10.2 Å². The van der Waals surface area contributed by atoms with Gasteiger partial charge in [0.1, 0.15) is 0 Å². The SMILES string of the molecule is CC(=O)c1ccc(NC(=O)CCSc2nnc(NC3CC3)s2)cc1. The van der Waals surface area contributed by atoms with Crippen LogP contribution in [0.15, 0.2) is 28.6 Å². The van der Waals surface area contributed by atoms with Crippen LogP contribution in [0.3, 0.4) is 0 Å². The van der Waals surface area contributed by atoms with Gasteiger partial charge in [0.25, 0.3) is 0 Å². The molecule has 3 rings (SSSR count). The van der Waals surface area contributed by atoms with E-state index in [4.69, 9.17) is 0 Å². The first-order valence-corrected chi connectivity index (χ1v) is 9.54. The van der Waals surface area contributed by atoms with Crippen LogP contribution in [0.2, 0.25) is 0 Å². The van der Waals surface area contributed by atoms with Crippen LogP contribution in [0.1, 0.15) is 36.5 Å². The number of aromatic nitrogens is 2. The van der Waals surface area contributed by atoms with E-state index in [1.165, 1.54) is 42.9 Å². The minimum absolute atomic E-state index is 0.0110. The van der Waals surface area contributed by atoms with Gasteiger partial charge in [0, 0.05) is 29.5 Å². The van der Waals surface area contributed by atoms with Gasteiger partial charge in [0.05, 0.1) is 0 Å². The van der Waals surface area contributed by atoms with E-state index >= 15 is 0 Å². The maximum Gasteiger partial charge on any atom is 0.225 e. The summed E-state index contributed by atoms with van der Waals surface area (Å²) in [6, 6.07) is 7.46. The lowest BCUT2D eigenvalue weighted by Gasteiger charge is -2.05. The van der Waals surface area contributed by atoms with Crippen LogP contribution in [0.4, 0.5) is 10.8 Å². The summed E-state index contributed by atoms with van der Waals surface area (Å²) in [6.07, 6.45) is 2.80. The topological polar surface area (TPSA) is 84.0 Å². The molecule has 1 saturated carbocycles. The summed E-state index contributed by atoms with van der Waals surface area (Å²) in [5, 5.41) is 15.2. The lowest BCUT2D eigenvalue weighted by atomic mass is 10.1. The van der Waals surface area contributed by atoms with Crippen molar-refractivity contribution < 1.29 is 9.59 Å². The standard InChI is InChI=1S/C16H18N4O2S2/c1-10(21)11-2-4-12(5-3-11)17-14(22)8-9-23-16-20-19-15(24-16)18-13-6-7-13/h2-5,13H,6-9H2,1H3,(H,17,22)(H,18,19). The Balaban J connectivity index is 1.40. The normalized spacial score (nSPS) is 13.5. The maximum absolute atomic E-state index is 11.9. The third-order valence-electron chi connectivity index (χ3n) is 3.44. The fourth-order valence-corrected chi connectivity index (χ4v) is 3.81. The Kier molecular flexibility index (Phi) is 5.47. The molecule has 2 N–H and O–H groups in total. The number of hydrogen-bond acceptors (Lipinski definition) is 7. The van der Waals surface area contributed by atoms with Gasteiger partial charge in [-0.2, -0.15) is 0 Å². The average molecular weight is 362 g/mol. The molecular formula is C16H18N4O2S2. The molecule has 0 radical (unpaired) electrons. The van der Waals surface area contributed by atoms with E-state index in [2.05, 4.69) is 20.8 Å². The summed E-state index contributed by atoms with van der Waals surface area (Å²) < 4.78 is 0.872. The molecule has 0 unspecified atom stereocenters. The van der Waals surface area contributed by atoms with Crippen molar-refractivity contribution in [2.24, 2.45) is 0 Å². The monoisotopic (exact) mass is 362 g/mol. The molecule has 2 aromatic rings. The lowest BCUT2D eigenvalue weighted by Crippen LogP contribution is -2.12. The molecule has 1 aliphatic carbocycles. The van der Waals surface area contributed by atoms with Gasteiger partial charge in [-0.15, -0.1) is 10.2 Å². The minimum Gasteiger partial charge on any atom is -0.357 e. The van der Waals surface area contributed by atoms with Crippen LogP contribution in [0, 0.1) is 0 Å². The Morgan fingerprint density at radius 3 is 2.67 bits per heavy atom. The number of nitrogens with zero attached hydrogens (tertiary/aromatic N) is 2. The van der Waals surface area contributed by atoms with E-state index in [9.17, 15) is 9.59 Å². The Bertz CT molecular complexity index is 726. The van der Waals surface area contributed by atoms with Crippen LogP contribution in [-0.2, 0) is 4.79 Å². The molecule has 0 bridgehead atoms. The number of thioether (sulfide) groups is 1. The number of carbonyl (C=O) groups is 2. The molecule has 1 heterocycles. The number of ketones is 1. The van der Waals surface area contributed by atoms with E-state index in [-0.39, 0.29) is 11.7 Å². The van der Waals surface area contributed by atoms with Crippen molar-refractivity contribution in [2.75, 3.05) is 16.4 Å². The van der Waals surface area contributed by atoms with Crippen molar-refractivity contribution in [2.45, 2.75) is 36.6 Å². The van der Waals surface area contributed by atoms with Gasteiger partial charge >= 0.3 is 0 Å². The first-order chi connectivity index (χ1) is 11.6. The third kappa shape index (κ3) is 5.04. The molecule has 0 saturated heterocycles. The summed E-state index contributed by atoms with van der Waals surface area (Å²) in [5.41, 5.74) is 1.33. The van der Waals surface area contributed by atoms with Crippen molar-refractivity contribution in [3.8, 4) is 0 Å². The van der Waals surface area contributed by atoms with Crippen LogP contribution in [-0.4, -0.2) is 33.7 Å². The highest BCUT2D eigenvalue weighted by atomic mass is 32.2. The molecule has 126 valence electrons. The number of hydrogen-bond donors (Lipinski definition) is 2. The van der Waals surface area contributed by atoms with Gasteiger partial charge in [0.15, 0.2) is 10.1 Å². The summed E-state index contributed by atoms with van der Waals surface area (Å²) in [4.78, 5) is 23.2. The first-order valence-electron chi connectivity index (χ1n) is 7.74. The number of carbonyl (C=O) groups excluding carboxylic acids is 2. The van der Waals surface area contributed by atoms with Crippen molar-refractivity contribution in [1.29, 1.82) is 0 Å². The highest BCUT2D eigenvalue weighted by Crippen LogP contribution is 2.30. The quantitative estimate of drug-likeness (QED) is 0.553. The van der Waals surface area contributed by atoms with Gasteiger partial charge in [-0.05, 0) is 44.0 Å². The number of nitrogens with one attached hydrogen (secondary N) is 2. The van der Waals surface area contributed by atoms with E-state index in [0.29, 0.717) is 29.5 Å². The van der Waals surface area contributed by atoms with Gasteiger partial charge in [-0.3, -0.25) is 9.59 Å². The predicted molar refractivity (Wildman–Crippen MR) is 97.0 cm³/mol. The molecule has 1 aromatic heterocycles. The highest BCUT2D eigenvalue weighted by Gasteiger charge is 2.22. The van der Waals surface area contributed by atoms with Crippen LogP contribution in [0.25, 0.3) is 0 Å². The highest BCUT2D eigenvalue weighted by molar-refractivity contribution is 8.01. The smallest absolute Gasteiger partial charge is 0.225 e. The second kappa shape index (κ2) is 7.76. The number of Topliss-reactive ketones (excluding diaryl/α,β-unsaturated/α-hetero) is 1. The molecule has 6 nitrogen and oxygen atoms in total. The largest absolute Gasteiger partial charge is 0.357 e. The summed E-state index contributed by atoms with van der Waals surface area (Å²) >= 11 is 3.06. The van der Waals surface area contributed by atoms with Crippen molar-refractivity contribution >= 4 is 45.6 Å². The van der Waals surface area contributed by atoms with Gasteiger partial charge in [-0.25, -0.2) is 0 Å². The van der Waals surface area contributed by atoms with Crippen LogP contribution >= 0.6 is 23.1 Å².